The average molecular weight is 295 g/mol. The van der Waals surface area contributed by atoms with E-state index in [1.165, 1.54) is 50.7 Å². The minimum absolute atomic E-state index is 0.412. The Morgan fingerprint density at radius 1 is 1.40 bits per heavy atom. The second-order valence-corrected chi connectivity index (χ2v) is 9.34. The first-order chi connectivity index (χ1) is 9.44. The normalized spacial score (nSPS) is 35.1. The highest BCUT2D eigenvalue weighted by atomic mass is 32.2. The van der Waals surface area contributed by atoms with Gasteiger partial charge in [0.05, 0.1) is 0 Å². The molecular weight excluding hydrogens is 260 g/mol. The number of hydrogen-bond donors (Lipinski definition) is 0. The van der Waals surface area contributed by atoms with Crippen LogP contribution >= 0.6 is 11.8 Å². The Bertz CT molecular complexity index is 355. The highest BCUT2D eigenvalue weighted by molar-refractivity contribution is 8.02. The Hall–Kier alpha value is 0.0900. The lowest BCUT2D eigenvalue weighted by Gasteiger charge is -2.48. The van der Waals surface area contributed by atoms with Crippen molar-refractivity contribution < 1.29 is 0 Å². The van der Waals surface area contributed by atoms with Gasteiger partial charge in [-0.2, -0.15) is 11.8 Å². The molecule has 1 heteroatoms. The molecule has 1 aliphatic heterocycles. The molecule has 3 unspecified atom stereocenters. The second-order valence-electron chi connectivity index (χ2n) is 7.78. The molecule has 1 saturated heterocycles. The van der Waals surface area contributed by atoms with Gasteiger partial charge in [-0.05, 0) is 62.0 Å². The van der Waals surface area contributed by atoms with Gasteiger partial charge in [0.2, 0.25) is 0 Å². The monoisotopic (exact) mass is 294 g/mol. The van der Waals surface area contributed by atoms with Crippen LogP contribution in [0.4, 0.5) is 0 Å². The Morgan fingerprint density at radius 3 is 2.70 bits per heavy atom. The minimum Gasteiger partial charge on any atom is -0.155 e. The topological polar surface area (TPSA) is 0 Å². The van der Waals surface area contributed by atoms with Gasteiger partial charge in [0.25, 0.3) is 0 Å². The van der Waals surface area contributed by atoms with Gasteiger partial charge in [0, 0.05) is 4.75 Å². The fourth-order valence-corrected chi connectivity index (χ4v) is 5.86. The molecule has 116 valence electrons. The maximum Gasteiger partial charge on any atom is 0.0168 e. The van der Waals surface area contributed by atoms with Crippen LogP contribution in [0.25, 0.3) is 0 Å². The van der Waals surface area contributed by atoms with Crippen LogP contribution in [0.15, 0.2) is 11.6 Å². The van der Waals surface area contributed by atoms with E-state index in [0.717, 1.165) is 11.8 Å². The highest BCUT2D eigenvalue weighted by Crippen LogP contribution is 2.57. The third kappa shape index (κ3) is 3.13. The van der Waals surface area contributed by atoms with Gasteiger partial charge in [-0.25, -0.2) is 0 Å². The average Bonchev–Trinajstić information content (AvgIpc) is 2.51. The molecule has 0 spiro atoms. The summed E-state index contributed by atoms with van der Waals surface area (Å²) in [5.41, 5.74) is 2.13. The Balaban J connectivity index is 2.08. The highest BCUT2D eigenvalue weighted by Gasteiger charge is 2.48. The first kappa shape index (κ1) is 16.5. The van der Waals surface area contributed by atoms with E-state index in [0.29, 0.717) is 10.2 Å². The van der Waals surface area contributed by atoms with E-state index in [1.807, 2.05) is 0 Å². The number of hydrogen-bond acceptors (Lipinski definition) is 1. The Kier molecular flexibility index (Phi) is 5.32. The summed E-state index contributed by atoms with van der Waals surface area (Å²) in [7, 11) is 0. The summed E-state index contributed by atoms with van der Waals surface area (Å²) < 4.78 is 0.629. The number of allylic oxidation sites excluding steroid dienone is 2. The fourth-order valence-electron chi connectivity index (χ4n) is 4.36. The van der Waals surface area contributed by atoms with E-state index >= 15 is 0 Å². The van der Waals surface area contributed by atoms with Gasteiger partial charge < -0.3 is 0 Å². The summed E-state index contributed by atoms with van der Waals surface area (Å²) in [6, 6.07) is 0. The molecule has 2 rings (SSSR count). The third-order valence-corrected chi connectivity index (χ3v) is 8.03. The van der Waals surface area contributed by atoms with Gasteiger partial charge in [-0.1, -0.05) is 52.2 Å². The first-order valence-corrected chi connectivity index (χ1v) is 9.72. The molecule has 0 aromatic carbocycles. The van der Waals surface area contributed by atoms with Crippen LogP contribution in [-0.2, 0) is 0 Å². The van der Waals surface area contributed by atoms with Gasteiger partial charge in [-0.15, -0.1) is 0 Å². The van der Waals surface area contributed by atoms with Crippen molar-refractivity contribution in [2.45, 2.75) is 84.3 Å². The van der Waals surface area contributed by atoms with E-state index in [2.05, 4.69) is 52.5 Å². The predicted molar refractivity (Wildman–Crippen MR) is 93.4 cm³/mol. The van der Waals surface area contributed by atoms with Crippen LogP contribution < -0.4 is 0 Å². The SMILES string of the molecule is C/C=C(/CCCC)C(C)(C)C1CCCC2(C)SCC2C1. The zero-order valence-electron chi connectivity index (χ0n) is 14.3. The minimum atomic E-state index is 0.412. The summed E-state index contributed by atoms with van der Waals surface area (Å²) >= 11 is 2.23. The molecule has 3 atom stereocenters. The molecule has 1 aliphatic carbocycles. The van der Waals surface area contributed by atoms with Gasteiger partial charge in [-0.3, -0.25) is 0 Å². The number of fused-ring (bicyclic) bond motifs is 1. The smallest absolute Gasteiger partial charge is 0.0168 e. The van der Waals surface area contributed by atoms with Gasteiger partial charge >= 0.3 is 0 Å². The number of unbranched alkanes of at least 4 members (excludes halogenated alkanes) is 1. The van der Waals surface area contributed by atoms with E-state index < -0.39 is 0 Å². The largest absolute Gasteiger partial charge is 0.155 e. The third-order valence-electron chi connectivity index (χ3n) is 6.27. The molecule has 0 aromatic heterocycles. The van der Waals surface area contributed by atoms with Crippen molar-refractivity contribution in [1.29, 1.82) is 0 Å². The van der Waals surface area contributed by atoms with Crippen molar-refractivity contribution in [1.82, 2.24) is 0 Å². The zero-order chi connectivity index (χ0) is 14.8. The van der Waals surface area contributed by atoms with Crippen molar-refractivity contribution in [3.63, 3.8) is 0 Å². The molecule has 2 fully saturated rings. The van der Waals surface area contributed by atoms with Crippen molar-refractivity contribution in [2.75, 3.05) is 5.75 Å². The van der Waals surface area contributed by atoms with E-state index in [-0.39, 0.29) is 0 Å². The lowest BCUT2D eigenvalue weighted by molar-refractivity contribution is 0.202. The number of rotatable bonds is 5. The summed E-state index contributed by atoms with van der Waals surface area (Å²) in [6.45, 7) is 12.1. The summed E-state index contributed by atoms with van der Waals surface area (Å²) in [5.74, 6) is 3.31. The molecule has 0 radical (unpaired) electrons. The maximum absolute atomic E-state index is 2.52. The Labute approximate surface area is 131 Å². The summed E-state index contributed by atoms with van der Waals surface area (Å²) in [5, 5.41) is 0. The molecule has 20 heavy (non-hydrogen) atoms. The number of thioether (sulfide) groups is 1. The molecule has 1 heterocycles. The molecule has 0 nitrogen and oxygen atoms in total. The quantitative estimate of drug-likeness (QED) is 0.524. The van der Waals surface area contributed by atoms with Crippen LogP contribution in [0, 0.1) is 17.3 Å². The van der Waals surface area contributed by atoms with Crippen molar-refractivity contribution in [2.24, 2.45) is 17.3 Å². The van der Waals surface area contributed by atoms with Crippen LogP contribution in [0.1, 0.15) is 79.6 Å². The van der Waals surface area contributed by atoms with E-state index in [1.54, 1.807) is 5.57 Å². The molecule has 0 bridgehead atoms. The molecule has 2 aliphatic rings. The van der Waals surface area contributed by atoms with Crippen LogP contribution in [0.2, 0.25) is 0 Å². The first-order valence-electron chi connectivity index (χ1n) is 8.73. The Morgan fingerprint density at radius 2 is 2.15 bits per heavy atom. The fraction of sp³-hybridized carbons (Fsp3) is 0.895. The summed E-state index contributed by atoms with van der Waals surface area (Å²) in [4.78, 5) is 0. The zero-order valence-corrected chi connectivity index (χ0v) is 15.1. The molecular formula is C19H34S. The lowest BCUT2D eigenvalue weighted by atomic mass is 9.67. The van der Waals surface area contributed by atoms with Crippen LogP contribution in [0.5, 0.6) is 0 Å². The molecule has 0 N–H and O–H groups in total. The van der Waals surface area contributed by atoms with Gasteiger partial charge in [0.15, 0.2) is 0 Å². The predicted octanol–water partition coefficient (Wildman–Crippen LogP) is 6.46. The molecule has 0 amide bonds. The van der Waals surface area contributed by atoms with Crippen LogP contribution in [-0.4, -0.2) is 10.5 Å². The van der Waals surface area contributed by atoms with Gasteiger partial charge in [0.1, 0.15) is 0 Å². The molecule has 0 aromatic rings. The van der Waals surface area contributed by atoms with Crippen molar-refractivity contribution >= 4 is 11.8 Å². The van der Waals surface area contributed by atoms with Crippen molar-refractivity contribution in [3.05, 3.63) is 11.6 Å². The summed E-state index contributed by atoms with van der Waals surface area (Å²) in [6.07, 6.45) is 12.2. The second kappa shape index (κ2) is 6.46. The van der Waals surface area contributed by atoms with Crippen molar-refractivity contribution in [3.8, 4) is 0 Å². The van der Waals surface area contributed by atoms with E-state index in [9.17, 15) is 0 Å². The van der Waals surface area contributed by atoms with E-state index in [4.69, 9.17) is 0 Å². The standard InChI is InChI=1S/C19H34S/c1-6-8-10-15(7-2)18(3,4)16-11-9-12-19(5)17(13-16)14-20-19/h7,16-17H,6,8-14H2,1-5H3/b15-7-. The lowest BCUT2D eigenvalue weighted by Crippen LogP contribution is -2.43. The van der Waals surface area contributed by atoms with Crippen LogP contribution in [0.3, 0.4) is 0 Å². The molecule has 1 saturated carbocycles. The maximum atomic E-state index is 2.52.